The molecule has 3 rings (SSSR count). The summed E-state index contributed by atoms with van der Waals surface area (Å²) in [5, 5.41) is 6.08. The summed E-state index contributed by atoms with van der Waals surface area (Å²) < 4.78 is 5.50. The van der Waals surface area contributed by atoms with Gasteiger partial charge in [-0.3, -0.25) is 9.69 Å². The Hall–Kier alpha value is -2.12. The molecule has 31 heavy (non-hydrogen) atoms. The lowest BCUT2D eigenvalue weighted by molar-refractivity contribution is -0.128. The Morgan fingerprint density at radius 3 is 2.52 bits per heavy atom. The molecule has 0 saturated carbocycles. The summed E-state index contributed by atoms with van der Waals surface area (Å²) in [5.41, 5.74) is 2.15. The molecule has 1 unspecified atom stereocenters. The molecule has 172 valence electrons. The summed E-state index contributed by atoms with van der Waals surface area (Å²) >= 11 is 0. The summed E-state index contributed by atoms with van der Waals surface area (Å²) in [6.45, 7) is 10.4. The van der Waals surface area contributed by atoms with Gasteiger partial charge in [-0.1, -0.05) is 51.0 Å². The minimum atomic E-state index is -0.135. The van der Waals surface area contributed by atoms with Crippen LogP contribution in [0.25, 0.3) is 0 Å². The highest BCUT2D eigenvalue weighted by Gasteiger charge is 2.27. The molecule has 1 atom stereocenters. The molecule has 0 spiro atoms. The summed E-state index contributed by atoms with van der Waals surface area (Å²) in [4.78, 5) is 28.7. The van der Waals surface area contributed by atoms with E-state index in [0.717, 1.165) is 63.2 Å². The van der Waals surface area contributed by atoms with Gasteiger partial charge in [0.25, 0.3) is 0 Å². The third kappa shape index (κ3) is 6.94. The van der Waals surface area contributed by atoms with Crippen molar-refractivity contribution in [3.63, 3.8) is 0 Å². The van der Waals surface area contributed by atoms with E-state index >= 15 is 0 Å². The summed E-state index contributed by atoms with van der Waals surface area (Å²) in [7, 11) is 0. The number of benzene rings is 1. The molecular formula is C24H38N4O3. The summed E-state index contributed by atoms with van der Waals surface area (Å²) in [5.74, 6) is 0.790. The fourth-order valence-corrected chi connectivity index (χ4v) is 4.71. The van der Waals surface area contributed by atoms with Gasteiger partial charge in [-0.2, -0.15) is 0 Å². The van der Waals surface area contributed by atoms with E-state index in [1.165, 1.54) is 0 Å². The first-order chi connectivity index (χ1) is 15.1. The van der Waals surface area contributed by atoms with Gasteiger partial charge in [0, 0.05) is 51.7 Å². The number of nitrogens with one attached hydrogen (secondary N) is 2. The maximum atomic E-state index is 12.5. The lowest BCUT2D eigenvalue weighted by Crippen LogP contribution is -2.53. The average molecular weight is 431 g/mol. The van der Waals surface area contributed by atoms with E-state index in [1.54, 1.807) is 0 Å². The highest BCUT2D eigenvalue weighted by molar-refractivity contribution is 5.78. The second-order valence-corrected chi connectivity index (χ2v) is 8.59. The van der Waals surface area contributed by atoms with Gasteiger partial charge in [0.1, 0.15) is 0 Å². The van der Waals surface area contributed by atoms with Crippen LogP contribution in [0.1, 0.15) is 50.7 Å². The van der Waals surface area contributed by atoms with Crippen LogP contribution >= 0.6 is 0 Å². The summed E-state index contributed by atoms with van der Waals surface area (Å²) in [6.07, 6.45) is 3.81. The van der Waals surface area contributed by atoms with Crippen molar-refractivity contribution in [3.05, 3.63) is 35.4 Å². The third-order valence-corrected chi connectivity index (χ3v) is 6.57. The molecule has 0 aromatic heterocycles. The molecule has 0 bridgehead atoms. The predicted octanol–water partition coefficient (Wildman–Crippen LogP) is 2.75. The van der Waals surface area contributed by atoms with Crippen molar-refractivity contribution in [1.82, 2.24) is 20.4 Å². The summed E-state index contributed by atoms with van der Waals surface area (Å²) in [6, 6.07) is 8.32. The van der Waals surface area contributed by atoms with Gasteiger partial charge in [-0.05, 0) is 23.5 Å². The zero-order chi connectivity index (χ0) is 22.1. The van der Waals surface area contributed by atoms with Crippen molar-refractivity contribution >= 4 is 11.9 Å². The molecule has 1 aromatic rings. The Balaban J connectivity index is 1.48. The van der Waals surface area contributed by atoms with Crippen LogP contribution in [0.2, 0.25) is 0 Å². The number of hydrogen-bond donors (Lipinski definition) is 2. The first kappa shape index (κ1) is 23.5. The number of amides is 3. The van der Waals surface area contributed by atoms with E-state index in [2.05, 4.69) is 35.4 Å². The standard InChI is InChI=1S/C24H38N4O3/c1-3-21(4-2)22(27-11-13-31-14-12-27)17-26-24(30)25-16-19-7-5-8-20(15-19)18-28-10-6-9-23(28)29/h5,7-8,15,21-22H,3-4,6,9-14,16-18H2,1-2H3,(H2,25,26,30). The van der Waals surface area contributed by atoms with E-state index in [9.17, 15) is 9.59 Å². The van der Waals surface area contributed by atoms with Gasteiger partial charge in [-0.25, -0.2) is 4.79 Å². The molecule has 2 fully saturated rings. The number of morpholine rings is 1. The fourth-order valence-electron chi connectivity index (χ4n) is 4.71. The molecule has 7 nitrogen and oxygen atoms in total. The number of carbonyl (C=O) groups is 2. The van der Waals surface area contributed by atoms with Gasteiger partial charge >= 0.3 is 6.03 Å². The zero-order valence-corrected chi connectivity index (χ0v) is 19.1. The number of carbonyl (C=O) groups excluding carboxylic acids is 2. The first-order valence-corrected chi connectivity index (χ1v) is 11.8. The molecule has 2 aliphatic rings. The lowest BCUT2D eigenvalue weighted by Gasteiger charge is -2.38. The monoisotopic (exact) mass is 430 g/mol. The maximum absolute atomic E-state index is 12.5. The van der Waals surface area contributed by atoms with Crippen LogP contribution in [0.15, 0.2) is 24.3 Å². The SMILES string of the molecule is CCC(CC)C(CNC(=O)NCc1cccc(CN2CCCC2=O)c1)N1CCOCC1. The molecule has 0 radical (unpaired) electrons. The van der Waals surface area contributed by atoms with Crippen LogP contribution in [0.5, 0.6) is 0 Å². The van der Waals surface area contributed by atoms with Crippen molar-refractivity contribution in [2.75, 3.05) is 39.4 Å². The van der Waals surface area contributed by atoms with E-state index < -0.39 is 0 Å². The van der Waals surface area contributed by atoms with Gasteiger partial charge in [0.15, 0.2) is 0 Å². The smallest absolute Gasteiger partial charge is 0.315 e. The molecule has 2 saturated heterocycles. The van der Waals surface area contributed by atoms with E-state index in [4.69, 9.17) is 4.74 Å². The van der Waals surface area contributed by atoms with Crippen molar-refractivity contribution in [1.29, 1.82) is 0 Å². The first-order valence-electron chi connectivity index (χ1n) is 11.8. The van der Waals surface area contributed by atoms with E-state index in [0.29, 0.717) is 38.0 Å². The normalized spacial score (nSPS) is 18.4. The van der Waals surface area contributed by atoms with E-state index in [-0.39, 0.29) is 11.9 Å². The minimum absolute atomic E-state index is 0.135. The van der Waals surface area contributed by atoms with Crippen molar-refractivity contribution in [2.24, 2.45) is 5.92 Å². The highest BCUT2D eigenvalue weighted by atomic mass is 16.5. The zero-order valence-electron chi connectivity index (χ0n) is 19.1. The number of likely N-dealkylation sites (tertiary alicyclic amines) is 1. The van der Waals surface area contributed by atoms with Crippen molar-refractivity contribution in [2.45, 2.75) is 58.7 Å². The van der Waals surface area contributed by atoms with Crippen LogP contribution in [-0.4, -0.2) is 67.2 Å². The number of ether oxygens (including phenoxy) is 1. The van der Waals surface area contributed by atoms with Crippen molar-refractivity contribution < 1.29 is 14.3 Å². The van der Waals surface area contributed by atoms with Gasteiger partial charge in [0.05, 0.1) is 13.2 Å². The molecule has 2 aliphatic heterocycles. The van der Waals surface area contributed by atoms with Crippen LogP contribution < -0.4 is 10.6 Å². The Morgan fingerprint density at radius 2 is 1.84 bits per heavy atom. The Bertz CT molecular complexity index is 717. The molecular weight excluding hydrogens is 392 g/mol. The molecule has 0 aliphatic carbocycles. The van der Waals surface area contributed by atoms with Gasteiger partial charge in [-0.15, -0.1) is 0 Å². The molecule has 2 N–H and O–H groups in total. The van der Waals surface area contributed by atoms with Gasteiger partial charge in [0.2, 0.25) is 5.91 Å². The minimum Gasteiger partial charge on any atom is -0.379 e. The molecule has 3 amide bonds. The van der Waals surface area contributed by atoms with Crippen LogP contribution in [0, 0.1) is 5.92 Å². The Morgan fingerprint density at radius 1 is 1.10 bits per heavy atom. The second kappa shape index (κ2) is 12.1. The molecule has 7 heteroatoms. The maximum Gasteiger partial charge on any atom is 0.315 e. The number of urea groups is 1. The fraction of sp³-hybridized carbons (Fsp3) is 0.667. The molecule has 2 heterocycles. The van der Waals surface area contributed by atoms with Crippen LogP contribution in [-0.2, 0) is 22.6 Å². The largest absolute Gasteiger partial charge is 0.379 e. The van der Waals surface area contributed by atoms with Crippen LogP contribution in [0.3, 0.4) is 0 Å². The third-order valence-electron chi connectivity index (χ3n) is 6.57. The second-order valence-electron chi connectivity index (χ2n) is 8.59. The van der Waals surface area contributed by atoms with Gasteiger partial charge < -0.3 is 20.3 Å². The average Bonchev–Trinajstić information content (AvgIpc) is 3.20. The topological polar surface area (TPSA) is 73.9 Å². The number of hydrogen-bond acceptors (Lipinski definition) is 4. The Kier molecular flexibility index (Phi) is 9.15. The van der Waals surface area contributed by atoms with Crippen LogP contribution in [0.4, 0.5) is 4.79 Å². The predicted molar refractivity (Wildman–Crippen MR) is 122 cm³/mol. The number of nitrogens with zero attached hydrogens (tertiary/aromatic N) is 2. The Labute approximate surface area is 186 Å². The van der Waals surface area contributed by atoms with E-state index in [1.807, 2.05) is 23.1 Å². The highest BCUT2D eigenvalue weighted by Crippen LogP contribution is 2.19. The number of rotatable bonds is 10. The quantitative estimate of drug-likeness (QED) is 0.599. The van der Waals surface area contributed by atoms with Crippen molar-refractivity contribution in [3.8, 4) is 0 Å². The molecule has 1 aromatic carbocycles. The lowest BCUT2D eigenvalue weighted by atomic mass is 9.92.